The number of anilines is 1. The summed E-state index contributed by atoms with van der Waals surface area (Å²) in [6, 6.07) is 6.49. The van der Waals surface area contributed by atoms with Crippen LogP contribution in [0.15, 0.2) is 18.2 Å². The van der Waals surface area contributed by atoms with Crippen LogP contribution < -0.4 is 4.90 Å². The zero-order valence-corrected chi connectivity index (χ0v) is 10.9. The summed E-state index contributed by atoms with van der Waals surface area (Å²) < 4.78 is 5.62. The fourth-order valence-corrected chi connectivity index (χ4v) is 2.38. The van der Waals surface area contributed by atoms with Crippen LogP contribution in [0.2, 0.25) is 0 Å². The minimum Gasteiger partial charge on any atom is -0.372 e. The number of morpholine rings is 1. The molecule has 1 saturated heterocycles. The highest BCUT2D eigenvalue weighted by molar-refractivity contribution is 5.66. The van der Waals surface area contributed by atoms with E-state index < -0.39 is 4.92 Å². The number of nitrogens with zero attached hydrogens (tertiary/aromatic N) is 3. The van der Waals surface area contributed by atoms with Crippen molar-refractivity contribution in [2.75, 3.05) is 18.0 Å². The lowest BCUT2D eigenvalue weighted by atomic mass is 10.1. The number of ether oxygens (including phenoxy) is 1. The van der Waals surface area contributed by atoms with Crippen molar-refractivity contribution in [3.8, 4) is 6.07 Å². The zero-order chi connectivity index (χ0) is 14.0. The highest BCUT2D eigenvalue weighted by atomic mass is 16.6. The first-order valence-corrected chi connectivity index (χ1v) is 6.10. The third-order valence-corrected chi connectivity index (χ3v) is 3.06. The smallest absolute Gasteiger partial charge is 0.293 e. The van der Waals surface area contributed by atoms with E-state index in [-0.39, 0.29) is 17.9 Å². The molecule has 6 nitrogen and oxygen atoms in total. The van der Waals surface area contributed by atoms with Gasteiger partial charge in [0.15, 0.2) is 0 Å². The lowest BCUT2D eigenvalue weighted by molar-refractivity contribution is -0.384. The second-order valence-electron chi connectivity index (χ2n) is 4.73. The quantitative estimate of drug-likeness (QED) is 0.601. The third-order valence-electron chi connectivity index (χ3n) is 3.06. The summed E-state index contributed by atoms with van der Waals surface area (Å²) in [5, 5.41) is 20.0. The number of rotatable bonds is 2. The Labute approximate surface area is 111 Å². The summed E-state index contributed by atoms with van der Waals surface area (Å²) in [7, 11) is 0. The van der Waals surface area contributed by atoms with E-state index in [2.05, 4.69) is 0 Å². The Bertz CT molecular complexity index is 528. The molecule has 1 aliphatic heterocycles. The summed E-state index contributed by atoms with van der Waals surface area (Å²) in [5.74, 6) is 0. The van der Waals surface area contributed by atoms with Gasteiger partial charge in [0, 0.05) is 19.2 Å². The fraction of sp³-hybridized carbons (Fsp3) is 0.462. The molecule has 1 heterocycles. The SMILES string of the molecule is CC1CN(c2ccc(C#N)cc2[N+](=O)[O-])CC(C)O1. The molecule has 0 N–H and O–H groups in total. The molecule has 1 fully saturated rings. The minimum absolute atomic E-state index is 0.0268. The molecule has 1 aromatic rings. The van der Waals surface area contributed by atoms with Gasteiger partial charge in [-0.1, -0.05) is 0 Å². The van der Waals surface area contributed by atoms with Crippen molar-refractivity contribution in [2.45, 2.75) is 26.1 Å². The van der Waals surface area contributed by atoms with Gasteiger partial charge >= 0.3 is 0 Å². The molecule has 2 unspecified atom stereocenters. The Morgan fingerprint density at radius 2 is 2.05 bits per heavy atom. The Balaban J connectivity index is 2.38. The fourth-order valence-electron chi connectivity index (χ4n) is 2.38. The maximum Gasteiger partial charge on any atom is 0.293 e. The molecular weight excluding hydrogens is 246 g/mol. The second kappa shape index (κ2) is 5.24. The second-order valence-corrected chi connectivity index (χ2v) is 4.73. The van der Waals surface area contributed by atoms with Gasteiger partial charge in [0.1, 0.15) is 5.69 Å². The average molecular weight is 261 g/mol. The molecular formula is C13H15N3O3. The van der Waals surface area contributed by atoms with Crippen molar-refractivity contribution in [2.24, 2.45) is 0 Å². The van der Waals surface area contributed by atoms with Gasteiger partial charge in [-0.2, -0.15) is 5.26 Å². The van der Waals surface area contributed by atoms with Gasteiger partial charge < -0.3 is 9.64 Å². The Kier molecular flexibility index (Phi) is 3.67. The van der Waals surface area contributed by atoms with Crippen molar-refractivity contribution in [3.05, 3.63) is 33.9 Å². The number of hydrogen-bond acceptors (Lipinski definition) is 5. The van der Waals surface area contributed by atoms with Crippen molar-refractivity contribution < 1.29 is 9.66 Å². The first-order chi connectivity index (χ1) is 9.01. The van der Waals surface area contributed by atoms with E-state index >= 15 is 0 Å². The van der Waals surface area contributed by atoms with Gasteiger partial charge in [-0.3, -0.25) is 10.1 Å². The molecule has 2 rings (SSSR count). The van der Waals surface area contributed by atoms with Crippen LogP contribution in [0.4, 0.5) is 11.4 Å². The third kappa shape index (κ3) is 2.83. The van der Waals surface area contributed by atoms with Crippen molar-refractivity contribution in [1.82, 2.24) is 0 Å². The summed E-state index contributed by atoms with van der Waals surface area (Å²) >= 11 is 0. The minimum atomic E-state index is -0.443. The van der Waals surface area contributed by atoms with Gasteiger partial charge in [-0.05, 0) is 26.0 Å². The number of hydrogen-bond donors (Lipinski definition) is 0. The zero-order valence-electron chi connectivity index (χ0n) is 10.9. The topological polar surface area (TPSA) is 79.4 Å². The maximum atomic E-state index is 11.1. The molecule has 6 heteroatoms. The molecule has 0 radical (unpaired) electrons. The molecule has 0 aliphatic carbocycles. The molecule has 2 atom stereocenters. The van der Waals surface area contributed by atoms with Crippen LogP contribution in [0.5, 0.6) is 0 Å². The molecule has 0 aromatic heterocycles. The van der Waals surface area contributed by atoms with Crippen LogP contribution in [-0.4, -0.2) is 30.2 Å². The molecule has 100 valence electrons. The summed E-state index contributed by atoms with van der Waals surface area (Å²) in [4.78, 5) is 12.6. The lowest BCUT2D eigenvalue weighted by Gasteiger charge is -2.36. The van der Waals surface area contributed by atoms with E-state index in [0.717, 1.165) is 0 Å². The highest BCUT2D eigenvalue weighted by Crippen LogP contribution is 2.31. The van der Waals surface area contributed by atoms with E-state index in [1.807, 2.05) is 24.8 Å². The van der Waals surface area contributed by atoms with Gasteiger partial charge in [-0.15, -0.1) is 0 Å². The molecule has 1 aromatic carbocycles. The van der Waals surface area contributed by atoms with E-state index in [9.17, 15) is 10.1 Å². The van der Waals surface area contributed by atoms with Crippen LogP contribution in [0.25, 0.3) is 0 Å². The van der Waals surface area contributed by atoms with Crippen LogP contribution in [0.1, 0.15) is 19.4 Å². The monoisotopic (exact) mass is 261 g/mol. The predicted octanol–water partition coefficient (Wildman–Crippen LogP) is 2.08. The lowest BCUT2D eigenvalue weighted by Crippen LogP contribution is -2.45. The number of benzene rings is 1. The molecule has 0 spiro atoms. The number of nitro groups is 1. The normalized spacial score (nSPS) is 22.9. The summed E-state index contributed by atoms with van der Waals surface area (Å²) in [6.45, 7) is 5.10. The molecule has 0 saturated carbocycles. The molecule has 19 heavy (non-hydrogen) atoms. The van der Waals surface area contributed by atoms with E-state index in [1.54, 1.807) is 12.1 Å². The standard InChI is InChI=1S/C13H15N3O3/c1-9-7-15(8-10(2)19-9)12-4-3-11(6-14)5-13(12)16(17)18/h3-5,9-10H,7-8H2,1-2H3. The largest absolute Gasteiger partial charge is 0.372 e. The van der Waals surface area contributed by atoms with E-state index in [0.29, 0.717) is 24.3 Å². The van der Waals surface area contributed by atoms with Crippen LogP contribution in [0, 0.1) is 21.4 Å². The Hall–Kier alpha value is -2.13. The van der Waals surface area contributed by atoms with Gasteiger partial charge in [0.05, 0.1) is 28.8 Å². The van der Waals surface area contributed by atoms with Gasteiger partial charge in [0.2, 0.25) is 0 Å². The van der Waals surface area contributed by atoms with Gasteiger partial charge in [0.25, 0.3) is 5.69 Å². The maximum absolute atomic E-state index is 11.1. The first-order valence-electron chi connectivity index (χ1n) is 6.10. The number of nitro benzene ring substituents is 1. The summed E-state index contributed by atoms with van der Waals surface area (Å²) in [6.07, 6.45) is 0.0537. The predicted molar refractivity (Wildman–Crippen MR) is 70.0 cm³/mol. The Morgan fingerprint density at radius 3 is 2.58 bits per heavy atom. The van der Waals surface area contributed by atoms with Crippen LogP contribution in [0.3, 0.4) is 0 Å². The molecule has 0 bridgehead atoms. The highest BCUT2D eigenvalue weighted by Gasteiger charge is 2.27. The van der Waals surface area contributed by atoms with E-state index in [4.69, 9.17) is 10.00 Å². The van der Waals surface area contributed by atoms with Crippen molar-refractivity contribution >= 4 is 11.4 Å². The van der Waals surface area contributed by atoms with Crippen molar-refractivity contribution in [1.29, 1.82) is 5.26 Å². The first kappa shape index (κ1) is 13.3. The average Bonchev–Trinajstić information content (AvgIpc) is 2.36. The van der Waals surface area contributed by atoms with E-state index in [1.165, 1.54) is 6.07 Å². The molecule has 1 aliphatic rings. The number of nitriles is 1. The Morgan fingerprint density at radius 1 is 1.42 bits per heavy atom. The van der Waals surface area contributed by atoms with Crippen LogP contribution in [-0.2, 0) is 4.74 Å². The van der Waals surface area contributed by atoms with Crippen molar-refractivity contribution in [3.63, 3.8) is 0 Å². The van der Waals surface area contributed by atoms with Crippen LogP contribution >= 0.6 is 0 Å². The molecule has 0 amide bonds. The van der Waals surface area contributed by atoms with Gasteiger partial charge in [-0.25, -0.2) is 0 Å². The summed E-state index contributed by atoms with van der Waals surface area (Å²) in [5.41, 5.74) is 0.816.